The first-order chi connectivity index (χ1) is 10.1. The molecule has 1 fully saturated rings. The maximum atomic E-state index is 12.5. The number of carbonyl (C=O) groups is 1. The van der Waals surface area contributed by atoms with Crippen molar-refractivity contribution in [3.8, 4) is 0 Å². The van der Waals surface area contributed by atoms with E-state index in [1.165, 1.54) is 17.5 Å². The van der Waals surface area contributed by atoms with Crippen molar-refractivity contribution in [3.05, 3.63) is 35.4 Å². The van der Waals surface area contributed by atoms with Gasteiger partial charge in [-0.05, 0) is 56.7 Å². The van der Waals surface area contributed by atoms with Gasteiger partial charge < -0.3 is 11.1 Å². The molecule has 1 amide bonds. The predicted molar refractivity (Wildman–Crippen MR) is 87.0 cm³/mol. The van der Waals surface area contributed by atoms with E-state index in [1.807, 2.05) is 0 Å². The summed E-state index contributed by atoms with van der Waals surface area (Å²) in [7, 11) is 0. The Hall–Kier alpha value is -1.35. The summed E-state index contributed by atoms with van der Waals surface area (Å²) < 4.78 is 0. The number of carbonyl (C=O) groups excluding carboxylic acids is 1. The Bertz CT molecular complexity index is 472. The highest BCUT2D eigenvalue weighted by Crippen LogP contribution is 2.29. The summed E-state index contributed by atoms with van der Waals surface area (Å²) in [5.41, 5.74) is 8.42. The summed E-state index contributed by atoms with van der Waals surface area (Å²) >= 11 is 0. The molecule has 1 aliphatic rings. The second-order valence-electron chi connectivity index (χ2n) is 6.43. The molecule has 2 rings (SSSR count). The quantitative estimate of drug-likeness (QED) is 0.875. The average molecular weight is 288 g/mol. The van der Waals surface area contributed by atoms with Crippen LogP contribution >= 0.6 is 0 Å². The van der Waals surface area contributed by atoms with Gasteiger partial charge in [-0.1, -0.05) is 37.1 Å². The highest BCUT2D eigenvalue weighted by Gasteiger charge is 2.30. The Morgan fingerprint density at radius 1 is 1.33 bits per heavy atom. The van der Waals surface area contributed by atoms with Crippen molar-refractivity contribution in [3.63, 3.8) is 0 Å². The van der Waals surface area contributed by atoms with Gasteiger partial charge in [-0.25, -0.2) is 0 Å². The zero-order valence-corrected chi connectivity index (χ0v) is 13.3. The fraction of sp³-hybridized carbons (Fsp3) is 0.611. The summed E-state index contributed by atoms with van der Waals surface area (Å²) in [6.45, 7) is 4.84. The maximum absolute atomic E-state index is 12.5. The molecule has 3 unspecified atom stereocenters. The number of nitrogens with one attached hydrogen (secondary N) is 1. The standard InChI is InChI=1S/C18H28N2O/c1-13-7-3-4-8-15(13)11-14(2)20-18(21)17-10-6-5-9-16(17)12-19/h3-4,7-8,14,16-17H,5-6,9-12,19H2,1-2H3,(H,20,21). The van der Waals surface area contributed by atoms with Gasteiger partial charge in [0.1, 0.15) is 0 Å². The van der Waals surface area contributed by atoms with Crippen LogP contribution in [-0.2, 0) is 11.2 Å². The number of amides is 1. The molecule has 0 radical (unpaired) electrons. The third-order valence-electron chi connectivity index (χ3n) is 4.72. The van der Waals surface area contributed by atoms with E-state index >= 15 is 0 Å². The minimum Gasteiger partial charge on any atom is -0.353 e. The molecule has 3 N–H and O–H groups in total. The van der Waals surface area contributed by atoms with Gasteiger partial charge in [-0.15, -0.1) is 0 Å². The van der Waals surface area contributed by atoms with Crippen LogP contribution in [0, 0.1) is 18.8 Å². The number of rotatable bonds is 5. The molecule has 0 bridgehead atoms. The molecule has 3 nitrogen and oxygen atoms in total. The second-order valence-corrected chi connectivity index (χ2v) is 6.43. The van der Waals surface area contributed by atoms with E-state index in [1.54, 1.807) is 0 Å². The topological polar surface area (TPSA) is 55.1 Å². The van der Waals surface area contributed by atoms with Crippen molar-refractivity contribution in [1.29, 1.82) is 0 Å². The molecule has 0 heterocycles. The van der Waals surface area contributed by atoms with Crippen LogP contribution in [-0.4, -0.2) is 18.5 Å². The molecule has 21 heavy (non-hydrogen) atoms. The third kappa shape index (κ3) is 4.31. The Balaban J connectivity index is 1.91. The molecular weight excluding hydrogens is 260 g/mol. The van der Waals surface area contributed by atoms with Crippen LogP contribution in [0.25, 0.3) is 0 Å². The van der Waals surface area contributed by atoms with Crippen molar-refractivity contribution in [2.75, 3.05) is 6.54 Å². The van der Waals surface area contributed by atoms with Gasteiger partial charge in [-0.3, -0.25) is 4.79 Å². The molecule has 0 saturated heterocycles. The fourth-order valence-electron chi connectivity index (χ4n) is 3.40. The minimum atomic E-state index is 0.114. The third-order valence-corrected chi connectivity index (χ3v) is 4.72. The van der Waals surface area contributed by atoms with Gasteiger partial charge in [0.25, 0.3) is 0 Å². The molecule has 3 heteroatoms. The number of benzene rings is 1. The van der Waals surface area contributed by atoms with E-state index in [2.05, 4.69) is 43.4 Å². The summed E-state index contributed by atoms with van der Waals surface area (Å²) in [5, 5.41) is 3.20. The normalized spacial score (nSPS) is 23.6. The van der Waals surface area contributed by atoms with E-state index in [0.717, 1.165) is 25.7 Å². The Morgan fingerprint density at radius 2 is 2.05 bits per heavy atom. The lowest BCUT2D eigenvalue weighted by Crippen LogP contribution is -2.43. The molecule has 1 aromatic carbocycles. The predicted octanol–water partition coefficient (Wildman–Crippen LogP) is 2.81. The Labute approximate surface area is 128 Å². The summed E-state index contributed by atoms with van der Waals surface area (Å²) in [6.07, 6.45) is 5.34. The summed E-state index contributed by atoms with van der Waals surface area (Å²) in [4.78, 5) is 12.5. The van der Waals surface area contributed by atoms with Gasteiger partial charge in [0.05, 0.1) is 0 Å². The van der Waals surface area contributed by atoms with E-state index in [4.69, 9.17) is 5.73 Å². The molecule has 1 aromatic rings. The van der Waals surface area contributed by atoms with Crippen molar-refractivity contribution >= 4 is 5.91 Å². The highest BCUT2D eigenvalue weighted by atomic mass is 16.1. The van der Waals surface area contributed by atoms with Crippen LogP contribution in [0.1, 0.15) is 43.7 Å². The Morgan fingerprint density at radius 3 is 2.76 bits per heavy atom. The van der Waals surface area contributed by atoms with Crippen LogP contribution in [0.4, 0.5) is 0 Å². The van der Waals surface area contributed by atoms with Crippen LogP contribution in [0.15, 0.2) is 24.3 Å². The fourth-order valence-corrected chi connectivity index (χ4v) is 3.40. The maximum Gasteiger partial charge on any atom is 0.223 e. The molecule has 0 aromatic heterocycles. The number of hydrogen-bond acceptors (Lipinski definition) is 2. The molecule has 3 atom stereocenters. The first-order valence-corrected chi connectivity index (χ1v) is 8.16. The van der Waals surface area contributed by atoms with Gasteiger partial charge in [-0.2, -0.15) is 0 Å². The van der Waals surface area contributed by atoms with Crippen LogP contribution < -0.4 is 11.1 Å². The van der Waals surface area contributed by atoms with Crippen molar-refractivity contribution in [2.24, 2.45) is 17.6 Å². The van der Waals surface area contributed by atoms with Gasteiger partial charge >= 0.3 is 0 Å². The van der Waals surface area contributed by atoms with Crippen LogP contribution in [0.5, 0.6) is 0 Å². The van der Waals surface area contributed by atoms with Crippen molar-refractivity contribution in [2.45, 2.75) is 52.0 Å². The van der Waals surface area contributed by atoms with Gasteiger partial charge in [0, 0.05) is 12.0 Å². The lowest BCUT2D eigenvalue weighted by molar-refractivity contribution is -0.128. The number of hydrogen-bond donors (Lipinski definition) is 2. The monoisotopic (exact) mass is 288 g/mol. The SMILES string of the molecule is Cc1ccccc1CC(C)NC(=O)C1CCCCC1CN. The minimum absolute atomic E-state index is 0.114. The molecule has 116 valence electrons. The molecule has 0 spiro atoms. The zero-order valence-electron chi connectivity index (χ0n) is 13.3. The average Bonchev–Trinajstić information content (AvgIpc) is 2.49. The molecule has 0 aliphatic heterocycles. The van der Waals surface area contributed by atoms with E-state index in [-0.39, 0.29) is 17.9 Å². The van der Waals surface area contributed by atoms with E-state index < -0.39 is 0 Å². The first kappa shape index (κ1) is 16.0. The van der Waals surface area contributed by atoms with E-state index in [0.29, 0.717) is 12.5 Å². The van der Waals surface area contributed by atoms with Crippen LogP contribution in [0.3, 0.4) is 0 Å². The van der Waals surface area contributed by atoms with Crippen molar-refractivity contribution < 1.29 is 4.79 Å². The van der Waals surface area contributed by atoms with Crippen molar-refractivity contribution in [1.82, 2.24) is 5.32 Å². The second kappa shape index (κ2) is 7.60. The number of aryl methyl sites for hydroxylation is 1. The number of nitrogens with two attached hydrogens (primary N) is 1. The van der Waals surface area contributed by atoms with Crippen LogP contribution in [0.2, 0.25) is 0 Å². The lowest BCUT2D eigenvalue weighted by Gasteiger charge is -2.30. The summed E-state index contributed by atoms with van der Waals surface area (Å²) in [6, 6.07) is 8.54. The Kier molecular flexibility index (Phi) is 5.80. The van der Waals surface area contributed by atoms with E-state index in [9.17, 15) is 4.79 Å². The summed E-state index contributed by atoms with van der Waals surface area (Å²) in [5.74, 6) is 0.679. The zero-order chi connectivity index (χ0) is 15.2. The molecule has 1 aliphatic carbocycles. The first-order valence-electron chi connectivity index (χ1n) is 8.16. The van der Waals surface area contributed by atoms with Gasteiger partial charge in [0.2, 0.25) is 5.91 Å². The lowest BCUT2D eigenvalue weighted by atomic mass is 9.78. The van der Waals surface area contributed by atoms with Gasteiger partial charge in [0.15, 0.2) is 0 Å². The smallest absolute Gasteiger partial charge is 0.223 e. The largest absolute Gasteiger partial charge is 0.353 e. The highest BCUT2D eigenvalue weighted by molar-refractivity contribution is 5.79. The molecular formula is C18H28N2O. The molecule has 1 saturated carbocycles.